The molecule has 3 saturated carbocycles. The van der Waals surface area contributed by atoms with Crippen molar-refractivity contribution >= 4 is 36.7 Å². The summed E-state index contributed by atoms with van der Waals surface area (Å²) in [6.07, 6.45) is 3.88. The molecular weight excluding hydrogens is 533 g/mol. The number of rotatable bonds is 6. The SMILES string of the molecule is C=C[C@]1(C)C[C@@H](OC(=O)COc2cc(CN)c3c(c2)B(O)OC3)[C@@]2(C)[C@@H]3C(=O)CC[C@@]3(CC[C@@H]2C)[C@@H](C)[C@@H]1O.Cl. The van der Waals surface area contributed by atoms with Gasteiger partial charge in [0.25, 0.3) is 0 Å². The van der Waals surface area contributed by atoms with E-state index in [0.717, 1.165) is 30.4 Å². The Morgan fingerprint density at radius 2 is 2.02 bits per heavy atom. The highest BCUT2D eigenvalue weighted by Crippen LogP contribution is 2.68. The number of ketones is 1. The smallest absolute Gasteiger partial charge is 0.482 e. The Morgan fingerprint density at radius 1 is 1.30 bits per heavy atom. The van der Waals surface area contributed by atoms with Gasteiger partial charge in [0.2, 0.25) is 0 Å². The molecule has 3 aliphatic carbocycles. The van der Waals surface area contributed by atoms with Gasteiger partial charge in [0.1, 0.15) is 17.6 Å². The molecule has 0 radical (unpaired) electrons. The molecule has 10 heteroatoms. The van der Waals surface area contributed by atoms with Crippen LogP contribution in [0.5, 0.6) is 5.75 Å². The molecule has 1 aromatic rings. The van der Waals surface area contributed by atoms with Crippen LogP contribution in [0.25, 0.3) is 0 Å². The lowest BCUT2D eigenvalue weighted by atomic mass is 9.44. The zero-order valence-electron chi connectivity index (χ0n) is 24.0. The number of aliphatic hydroxyl groups is 1. The molecular formula is C30H43BClNO7. The van der Waals surface area contributed by atoms with Crippen LogP contribution in [0.1, 0.15) is 70.9 Å². The summed E-state index contributed by atoms with van der Waals surface area (Å²) in [5, 5.41) is 21.8. The molecule has 3 fully saturated rings. The molecule has 1 aromatic carbocycles. The highest BCUT2D eigenvalue weighted by Gasteiger charge is 2.68. The molecule has 1 heterocycles. The van der Waals surface area contributed by atoms with Crippen molar-refractivity contribution in [3.63, 3.8) is 0 Å². The maximum Gasteiger partial charge on any atom is 0.491 e. The zero-order valence-corrected chi connectivity index (χ0v) is 24.8. The number of hydrogen-bond donors (Lipinski definition) is 3. The molecule has 5 rings (SSSR count). The molecule has 0 spiro atoms. The van der Waals surface area contributed by atoms with E-state index in [2.05, 4.69) is 27.4 Å². The number of nitrogens with two attached hydrogens (primary N) is 1. The summed E-state index contributed by atoms with van der Waals surface area (Å²) in [6.45, 7) is 12.6. The van der Waals surface area contributed by atoms with Crippen molar-refractivity contribution < 1.29 is 33.8 Å². The van der Waals surface area contributed by atoms with Crippen molar-refractivity contribution in [1.29, 1.82) is 0 Å². The number of hydrogen-bond acceptors (Lipinski definition) is 8. The van der Waals surface area contributed by atoms with Crippen LogP contribution in [-0.4, -0.2) is 47.8 Å². The maximum atomic E-state index is 13.5. The molecule has 40 heavy (non-hydrogen) atoms. The van der Waals surface area contributed by atoms with Crippen LogP contribution < -0.4 is 15.9 Å². The third-order valence-corrected chi connectivity index (χ3v) is 11.2. The van der Waals surface area contributed by atoms with Crippen LogP contribution in [0.4, 0.5) is 0 Å². The summed E-state index contributed by atoms with van der Waals surface area (Å²) in [5.74, 6) is -0.141. The standard InChI is InChI=1S/C30H42BNO7.ClH/c1-6-28(4)13-24(29(5)17(2)7-9-30(18(3)27(28)35)10-8-23(33)26(29)30)39-25(34)16-37-20-11-19(14-32)21-15-38-31(36)22(21)12-20;/h6,11-12,17-18,24,26-27,35-36H,1,7-10,13-16,32H2,2-5H3;1H/t17-,18-,24+,26-,27-,28+,29-,30-;/m0./s1. The topological polar surface area (TPSA) is 128 Å². The molecule has 4 aliphatic rings. The van der Waals surface area contributed by atoms with E-state index in [1.807, 2.05) is 6.92 Å². The molecule has 1 aliphatic heterocycles. The van der Waals surface area contributed by atoms with Gasteiger partial charge in [-0.3, -0.25) is 4.79 Å². The number of fused-ring (bicyclic) bond motifs is 1. The van der Waals surface area contributed by atoms with Crippen LogP contribution in [0.15, 0.2) is 24.8 Å². The quantitative estimate of drug-likeness (QED) is 0.268. The van der Waals surface area contributed by atoms with Crippen molar-refractivity contribution in [2.24, 2.45) is 39.7 Å². The fraction of sp³-hybridized carbons (Fsp3) is 0.667. The Kier molecular flexibility index (Phi) is 8.58. The van der Waals surface area contributed by atoms with Crippen molar-refractivity contribution in [2.75, 3.05) is 6.61 Å². The lowest BCUT2D eigenvalue weighted by Crippen LogP contribution is -2.63. The summed E-state index contributed by atoms with van der Waals surface area (Å²) < 4.78 is 17.4. The van der Waals surface area contributed by atoms with Gasteiger partial charge in [-0.05, 0) is 71.7 Å². The van der Waals surface area contributed by atoms with E-state index >= 15 is 0 Å². The molecule has 8 atom stereocenters. The normalized spacial score (nSPS) is 38.4. The van der Waals surface area contributed by atoms with Crippen LogP contribution in [0.2, 0.25) is 0 Å². The molecule has 8 nitrogen and oxygen atoms in total. The van der Waals surface area contributed by atoms with E-state index in [-0.39, 0.29) is 61.1 Å². The molecule has 220 valence electrons. The first-order valence-electron chi connectivity index (χ1n) is 14.2. The van der Waals surface area contributed by atoms with E-state index < -0.39 is 36.1 Å². The number of carbonyl (C=O) groups is 2. The highest BCUT2D eigenvalue weighted by molar-refractivity contribution is 6.61. The summed E-state index contributed by atoms with van der Waals surface area (Å²) >= 11 is 0. The molecule has 0 saturated heterocycles. The molecule has 0 unspecified atom stereocenters. The third-order valence-electron chi connectivity index (χ3n) is 11.2. The Labute approximate surface area is 243 Å². The second kappa shape index (κ2) is 11.1. The van der Waals surface area contributed by atoms with Gasteiger partial charge in [0.15, 0.2) is 6.61 Å². The number of halogens is 1. The van der Waals surface area contributed by atoms with E-state index in [0.29, 0.717) is 24.1 Å². The number of benzene rings is 1. The fourth-order valence-corrected chi connectivity index (χ4v) is 8.48. The Morgan fingerprint density at radius 3 is 2.70 bits per heavy atom. The van der Waals surface area contributed by atoms with Gasteiger partial charge in [-0.2, -0.15) is 0 Å². The number of aliphatic hydroxyl groups excluding tert-OH is 1. The first kappa shape index (κ1) is 31.0. The minimum Gasteiger partial charge on any atom is -0.482 e. The third kappa shape index (κ3) is 4.62. The predicted molar refractivity (Wildman–Crippen MR) is 154 cm³/mol. The zero-order chi connectivity index (χ0) is 28.3. The average Bonchev–Trinajstić information content (AvgIpc) is 3.48. The number of esters is 1. The predicted octanol–water partition coefficient (Wildman–Crippen LogP) is 3.07. The lowest BCUT2D eigenvalue weighted by molar-refractivity contribution is -0.207. The Balaban J connectivity index is 0.00000370. The highest BCUT2D eigenvalue weighted by atomic mass is 35.5. The summed E-state index contributed by atoms with van der Waals surface area (Å²) in [5.41, 5.74) is 6.51. The van der Waals surface area contributed by atoms with E-state index in [9.17, 15) is 19.7 Å². The van der Waals surface area contributed by atoms with Gasteiger partial charge in [0.05, 0.1) is 12.7 Å². The van der Waals surface area contributed by atoms with Crippen LogP contribution in [0.3, 0.4) is 0 Å². The minimum absolute atomic E-state index is 0. The van der Waals surface area contributed by atoms with Crippen molar-refractivity contribution in [2.45, 2.75) is 85.2 Å². The van der Waals surface area contributed by atoms with Crippen LogP contribution in [-0.2, 0) is 32.1 Å². The second-order valence-corrected chi connectivity index (χ2v) is 12.9. The van der Waals surface area contributed by atoms with Crippen molar-refractivity contribution in [3.05, 3.63) is 35.9 Å². The Hall–Kier alpha value is -1.91. The van der Waals surface area contributed by atoms with Crippen LogP contribution in [0, 0.1) is 34.0 Å². The first-order chi connectivity index (χ1) is 18.4. The van der Waals surface area contributed by atoms with Gasteiger partial charge >= 0.3 is 13.1 Å². The second-order valence-electron chi connectivity index (χ2n) is 12.9. The van der Waals surface area contributed by atoms with Gasteiger partial charge < -0.3 is 30.0 Å². The average molecular weight is 576 g/mol. The van der Waals surface area contributed by atoms with Gasteiger partial charge in [0, 0.05) is 29.7 Å². The Bertz CT molecular complexity index is 1180. The largest absolute Gasteiger partial charge is 0.491 e. The molecule has 0 aromatic heterocycles. The molecule has 2 bridgehead atoms. The van der Waals surface area contributed by atoms with Gasteiger partial charge in [-0.15, -0.1) is 19.0 Å². The molecule has 0 amide bonds. The maximum absolute atomic E-state index is 13.5. The monoisotopic (exact) mass is 575 g/mol. The van der Waals surface area contributed by atoms with Gasteiger partial charge in [-0.25, -0.2) is 4.79 Å². The summed E-state index contributed by atoms with van der Waals surface area (Å²) in [7, 11) is -1.06. The summed E-state index contributed by atoms with van der Waals surface area (Å²) in [4.78, 5) is 26.9. The van der Waals surface area contributed by atoms with E-state index in [1.165, 1.54) is 0 Å². The lowest BCUT2D eigenvalue weighted by Gasteiger charge is -2.61. The van der Waals surface area contributed by atoms with Crippen molar-refractivity contribution in [3.8, 4) is 5.75 Å². The first-order valence-corrected chi connectivity index (χ1v) is 14.2. The fourth-order valence-electron chi connectivity index (χ4n) is 8.48. The number of ether oxygens (including phenoxy) is 2. The van der Waals surface area contributed by atoms with E-state index in [1.54, 1.807) is 18.2 Å². The number of carbonyl (C=O) groups excluding carboxylic acids is 2. The minimum atomic E-state index is -1.06. The van der Waals surface area contributed by atoms with E-state index in [4.69, 9.17) is 19.9 Å². The summed E-state index contributed by atoms with van der Waals surface area (Å²) in [6, 6.07) is 3.42. The van der Waals surface area contributed by atoms with Crippen molar-refractivity contribution in [1.82, 2.24) is 0 Å². The molecule has 4 N–H and O–H groups in total. The van der Waals surface area contributed by atoms with Crippen LogP contribution >= 0.6 is 12.4 Å². The van der Waals surface area contributed by atoms with Gasteiger partial charge in [-0.1, -0.05) is 33.8 Å². The number of Topliss-reactive ketones (excluding diaryl/α,β-unsaturated/α-hetero) is 1.